The fourth-order valence-electron chi connectivity index (χ4n) is 2.57. The minimum Gasteiger partial charge on any atom is -0.369 e. The van der Waals surface area contributed by atoms with E-state index in [1.54, 1.807) is 12.3 Å². The second-order valence-corrected chi connectivity index (χ2v) is 5.25. The molecule has 1 aliphatic heterocycles. The van der Waals surface area contributed by atoms with E-state index in [1.807, 2.05) is 24.4 Å². The number of aliphatic imine (C=N–C) groups is 1. The zero-order valence-electron chi connectivity index (χ0n) is 13.0. The van der Waals surface area contributed by atoms with Crippen molar-refractivity contribution in [2.75, 3.05) is 36.4 Å². The Labute approximate surface area is 136 Å². The van der Waals surface area contributed by atoms with Crippen LogP contribution in [0.25, 0.3) is 6.08 Å². The van der Waals surface area contributed by atoms with Gasteiger partial charge in [0, 0.05) is 49.7 Å². The Morgan fingerprint density at radius 1 is 1.22 bits per heavy atom. The van der Waals surface area contributed by atoms with Gasteiger partial charge in [-0.1, -0.05) is 12.7 Å². The molecule has 23 heavy (non-hydrogen) atoms. The molecule has 6 heteroatoms. The second-order valence-electron chi connectivity index (χ2n) is 5.25. The molecule has 2 N–H and O–H groups in total. The average Bonchev–Trinajstić information content (AvgIpc) is 2.62. The van der Waals surface area contributed by atoms with Crippen molar-refractivity contribution in [3.8, 4) is 0 Å². The predicted octanol–water partition coefficient (Wildman–Crippen LogP) is 2.60. The minimum atomic E-state index is 0.706. The first-order chi connectivity index (χ1) is 11.3. The van der Waals surface area contributed by atoms with Crippen LogP contribution in [-0.4, -0.2) is 42.9 Å². The molecule has 3 rings (SSSR count). The Kier molecular flexibility index (Phi) is 4.63. The highest BCUT2D eigenvalue weighted by Crippen LogP contribution is 2.24. The molecule has 0 aliphatic carbocycles. The van der Waals surface area contributed by atoms with Crippen LogP contribution in [0.5, 0.6) is 0 Å². The molecule has 1 aliphatic rings. The maximum atomic E-state index is 4.37. The number of anilines is 3. The summed E-state index contributed by atoms with van der Waals surface area (Å²) in [5.41, 5.74) is 2.76. The molecule has 0 atom stereocenters. The lowest BCUT2D eigenvalue weighted by molar-refractivity contribution is 0.589. The number of hydrogen-bond donors (Lipinski definition) is 2. The molecule has 0 bridgehead atoms. The fraction of sp³-hybridized carbons (Fsp3) is 0.235. The zero-order chi connectivity index (χ0) is 16.1. The first kappa shape index (κ1) is 15.2. The van der Waals surface area contributed by atoms with Crippen molar-refractivity contribution in [1.29, 1.82) is 0 Å². The molecule has 0 spiro atoms. The van der Waals surface area contributed by atoms with Crippen LogP contribution in [0.1, 0.15) is 5.56 Å². The van der Waals surface area contributed by atoms with Crippen molar-refractivity contribution < 1.29 is 0 Å². The molecule has 0 saturated carbocycles. The molecule has 0 amide bonds. The van der Waals surface area contributed by atoms with Crippen molar-refractivity contribution in [3.63, 3.8) is 0 Å². The van der Waals surface area contributed by atoms with Crippen molar-refractivity contribution in [2.45, 2.75) is 0 Å². The van der Waals surface area contributed by atoms with Crippen LogP contribution < -0.4 is 15.5 Å². The Balaban J connectivity index is 1.80. The number of hydrogen-bond acceptors (Lipinski definition) is 6. The molecule has 6 nitrogen and oxygen atoms in total. The van der Waals surface area contributed by atoms with Crippen LogP contribution in [-0.2, 0) is 0 Å². The van der Waals surface area contributed by atoms with Gasteiger partial charge in [-0.2, -0.15) is 0 Å². The minimum absolute atomic E-state index is 0.706. The summed E-state index contributed by atoms with van der Waals surface area (Å²) in [5.74, 6) is 1.47. The molecule has 118 valence electrons. The number of piperazine rings is 1. The Bertz CT molecular complexity index is 706. The first-order valence-electron chi connectivity index (χ1n) is 7.58. The van der Waals surface area contributed by atoms with Crippen LogP contribution in [0.3, 0.4) is 0 Å². The predicted molar refractivity (Wildman–Crippen MR) is 96.1 cm³/mol. The van der Waals surface area contributed by atoms with Crippen LogP contribution in [0, 0.1) is 0 Å². The summed E-state index contributed by atoms with van der Waals surface area (Å²) in [7, 11) is 0. The maximum absolute atomic E-state index is 4.37. The third kappa shape index (κ3) is 3.54. The van der Waals surface area contributed by atoms with E-state index in [0.29, 0.717) is 11.5 Å². The molecule has 2 aromatic rings. The van der Waals surface area contributed by atoms with Gasteiger partial charge in [0.05, 0.1) is 11.9 Å². The van der Waals surface area contributed by atoms with E-state index >= 15 is 0 Å². The van der Waals surface area contributed by atoms with E-state index in [4.69, 9.17) is 0 Å². The second kappa shape index (κ2) is 7.02. The lowest BCUT2D eigenvalue weighted by atomic mass is 10.2. The van der Waals surface area contributed by atoms with Crippen molar-refractivity contribution in [3.05, 3.63) is 42.7 Å². The van der Waals surface area contributed by atoms with Gasteiger partial charge in [0.15, 0.2) is 0 Å². The Morgan fingerprint density at radius 3 is 2.74 bits per heavy atom. The normalized spacial score (nSPS) is 14.3. The van der Waals surface area contributed by atoms with Gasteiger partial charge >= 0.3 is 0 Å². The SMILES string of the molecule is C=Cc1cc(Nc2cc(N3CCNCC3)ccn2)ncc1N=C. The van der Waals surface area contributed by atoms with Gasteiger partial charge in [-0.15, -0.1) is 0 Å². The number of rotatable bonds is 5. The van der Waals surface area contributed by atoms with Gasteiger partial charge in [-0.25, -0.2) is 9.97 Å². The van der Waals surface area contributed by atoms with E-state index in [9.17, 15) is 0 Å². The highest BCUT2D eigenvalue weighted by molar-refractivity contribution is 5.69. The van der Waals surface area contributed by atoms with Gasteiger partial charge in [-0.05, 0) is 18.9 Å². The Morgan fingerprint density at radius 2 is 2.00 bits per heavy atom. The molecule has 0 radical (unpaired) electrons. The maximum Gasteiger partial charge on any atom is 0.133 e. The van der Waals surface area contributed by atoms with E-state index in [0.717, 1.165) is 43.2 Å². The molecule has 0 aromatic carbocycles. The third-order valence-corrected chi connectivity index (χ3v) is 3.79. The lowest BCUT2D eigenvalue weighted by Crippen LogP contribution is -2.43. The topological polar surface area (TPSA) is 65.4 Å². The van der Waals surface area contributed by atoms with E-state index in [1.165, 1.54) is 0 Å². The van der Waals surface area contributed by atoms with Gasteiger partial charge in [0.1, 0.15) is 11.6 Å². The smallest absolute Gasteiger partial charge is 0.133 e. The highest BCUT2D eigenvalue weighted by Gasteiger charge is 2.11. The fourth-order valence-corrected chi connectivity index (χ4v) is 2.57. The summed E-state index contributed by atoms with van der Waals surface area (Å²) in [5, 5.41) is 6.59. The van der Waals surface area contributed by atoms with Crippen LogP contribution in [0.4, 0.5) is 23.0 Å². The summed E-state index contributed by atoms with van der Waals surface area (Å²) < 4.78 is 0. The average molecular weight is 308 g/mol. The van der Waals surface area contributed by atoms with Crippen molar-refractivity contribution in [1.82, 2.24) is 15.3 Å². The summed E-state index contributed by atoms with van der Waals surface area (Å²) in [4.78, 5) is 15.0. The molecule has 3 heterocycles. The summed E-state index contributed by atoms with van der Waals surface area (Å²) >= 11 is 0. The van der Waals surface area contributed by atoms with Crippen LogP contribution in [0.15, 0.2) is 42.2 Å². The standard InChI is InChI=1S/C17H20N6/c1-3-13-10-16(21-12-15(13)18-2)22-17-11-14(4-5-20-17)23-8-6-19-7-9-23/h3-5,10-12,19H,1-2,6-9H2,(H,20,21,22). The summed E-state index contributed by atoms with van der Waals surface area (Å²) in [6, 6.07) is 5.96. The molecular formula is C17H20N6. The van der Waals surface area contributed by atoms with Crippen molar-refractivity contribution in [2.24, 2.45) is 4.99 Å². The Hall–Kier alpha value is -2.73. The first-order valence-corrected chi connectivity index (χ1v) is 7.58. The number of aromatic nitrogens is 2. The molecular weight excluding hydrogens is 288 g/mol. The van der Waals surface area contributed by atoms with E-state index < -0.39 is 0 Å². The molecule has 1 saturated heterocycles. The summed E-state index contributed by atoms with van der Waals surface area (Å²) in [6.45, 7) is 11.3. The van der Waals surface area contributed by atoms with Gasteiger partial charge in [0.2, 0.25) is 0 Å². The third-order valence-electron chi connectivity index (χ3n) is 3.79. The van der Waals surface area contributed by atoms with Crippen LogP contribution >= 0.6 is 0 Å². The number of nitrogens with zero attached hydrogens (tertiary/aromatic N) is 4. The monoisotopic (exact) mass is 308 g/mol. The van der Waals surface area contributed by atoms with Gasteiger partial charge in [0.25, 0.3) is 0 Å². The van der Waals surface area contributed by atoms with E-state index in [2.05, 4.69) is 43.8 Å². The molecule has 1 fully saturated rings. The van der Waals surface area contributed by atoms with Gasteiger partial charge in [-0.3, -0.25) is 4.99 Å². The number of nitrogens with one attached hydrogen (secondary N) is 2. The highest BCUT2D eigenvalue weighted by atomic mass is 15.2. The lowest BCUT2D eigenvalue weighted by Gasteiger charge is -2.29. The van der Waals surface area contributed by atoms with E-state index in [-0.39, 0.29) is 0 Å². The molecule has 0 unspecified atom stereocenters. The zero-order valence-corrected chi connectivity index (χ0v) is 13.0. The summed E-state index contributed by atoms with van der Waals surface area (Å²) in [6.07, 6.45) is 5.22. The van der Waals surface area contributed by atoms with Gasteiger partial charge < -0.3 is 15.5 Å². The van der Waals surface area contributed by atoms with Crippen molar-refractivity contribution >= 4 is 35.8 Å². The van der Waals surface area contributed by atoms with Crippen LogP contribution in [0.2, 0.25) is 0 Å². The quantitative estimate of drug-likeness (QED) is 0.831. The number of pyridine rings is 2. The molecule has 2 aromatic heterocycles. The largest absolute Gasteiger partial charge is 0.369 e.